The van der Waals surface area contributed by atoms with Gasteiger partial charge in [0.05, 0.1) is 31.8 Å². The summed E-state index contributed by atoms with van der Waals surface area (Å²) < 4.78 is 0. The average Bonchev–Trinajstić information content (AvgIpc) is 1.02. The summed E-state index contributed by atoms with van der Waals surface area (Å²) in [5.41, 5.74) is 28.9. The summed E-state index contributed by atoms with van der Waals surface area (Å²) in [6.07, 6.45) is -2.13. The number of aliphatic carboxylic acids is 3. The summed E-state index contributed by atoms with van der Waals surface area (Å²) in [6, 6.07) is -4.99. The van der Waals surface area contributed by atoms with Gasteiger partial charge in [0, 0.05) is 44.1 Å². The second-order valence-corrected chi connectivity index (χ2v) is 24.4. The number of carbonyl (C=O) groups is 16. The van der Waals surface area contributed by atoms with Gasteiger partial charge in [-0.3, -0.25) is 81.7 Å². The third kappa shape index (κ3) is 30.4. The number of rotatable bonds is 46. The Morgan fingerprint density at radius 2 is 0.961 bits per heavy atom. The minimum atomic E-state index is -2.09. The molecule has 564 valence electrons. The number of hydrogen-bond donors (Lipinski definition) is 21. The fourth-order valence-electron chi connectivity index (χ4n) is 9.77. The van der Waals surface area contributed by atoms with Gasteiger partial charge in [-0.15, -0.1) is 0 Å². The van der Waals surface area contributed by atoms with Crippen LogP contribution in [0, 0.1) is 11.8 Å². The quantitative estimate of drug-likeness (QED) is 0.0142. The van der Waals surface area contributed by atoms with Crippen LogP contribution in [0.25, 0.3) is 0 Å². The lowest BCUT2D eigenvalue weighted by Crippen LogP contribution is -2.61. The van der Waals surface area contributed by atoms with Crippen molar-refractivity contribution in [1.29, 1.82) is 0 Å². The van der Waals surface area contributed by atoms with E-state index in [0.717, 1.165) is 6.92 Å². The van der Waals surface area contributed by atoms with Crippen molar-refractivity contribution >= 4 is 101 Å². The number of aliphatic imine (C=N–C) groups is 1. The van der Waals surface area contributed by atoms with E-state index in [0.29, 0.717) is 17.7 Å². The number of H-pyrrole nitrogens is 1. The summed E-state index contributed by atoms with van der Waals surface area (Å²) in [4.78, 5) is 225. The Kier molecular flexibility index (Phi) is 35.8. The molecule has 103 heavy (non-hydrogen) atoms. The van der Waals surface area contributed by atoms with Crippen LogP contribution in [0.4, 0.5) is 0 Å². The molecule has 1 heterocycles. The number of guanidine groups is 1. The molecule has 0 fully saturated rings. The summed E-state index contributed by atoms with van der Waals surface area (Å²) in [5, 5.41) is 65.0. The molecular formula is C64H93N19O20. The average molecular weight is 1450 g/mol. The van der Waals surface area contributed by atoms with Crippen LogP contribution >= 0.6 is 0 Å². The van der Waals surface area contributed by atoms with Gasteiger partial charge in [-0.1, -0.05) is 94.8 Å². The smallest absolute Gasteiger partial charge is 0.305 e. The number of aromatic amines is 1. The van der Waals surface area contributed by atoms with Gasteiger partial charge in [0.1, 0.15) is 66.5 Å². The standard InChI is InChI=1S/C64H93N19O20/c1-6-32(4)49(66)61(101)81-44(29-84)60(100)76-39(20-22-47(88)89)56(96)82-50(31(2)3)62(102)79-42(26-45(65)85)59(99)83-51(35-16-11-8-12-17-35)63(103)80-43(27-48(90)91)57(97)73-33(5)53(93)74-38(19-21-46(86)87)55(95)78-41(24-34-14-9-7-10-15-34)58(98)75-37(18-13-23-71-64(68)69)54(94)77-40(52(67)92)25-36-28-70-30-72-36/h7-12,14-17,28,30-33,37-44,49-51,84H,6,13,18-27,29,66H2,1-5H3,(H2,65,85)(H2,67,92)(H,70,72)(H,73,97)(H,74,93)(H,75,98)(H,76,100)(H,77,94)(H,78,95)(H,79,102)(H,80,103)(H,81,101)(H,82,96)(H,83,99)(H,86,87)(H,88,89)(H,90,91)(H4,68,69,71)/t32-,33-,37-,38-,39-,40-,41-,42-,43-,44-,49-,50-,51-/m0/s1. The lowest BCUT2D eigenvalue weighted by Gasteiger charge is -2.29. The van der Waals surface area contributed by atoms with Gasteiger partial charge >= 0.3 is 17.9 Å². The molecule has 2 aromatic carbocycles. The second kappa shape index (κ2) is 43.1. The normalized spacial score (nSPS) is 14.8. The highest BCUT2D eigenvalue weighted by Gasteiger charge is 2.38. The molecule has 39 heteroatoms. The van der Waals surface area contributed by atoms with E-state index in [4.69, 9.17) is 28.7 Å². The van der Waals surface area contributed by atoms with Crippen LogP contribution in [0.5, 0.6) is 0 Å². The lowest BCUT2D eigenvalue weighted by atomic mass is 9.99. The van der Waals surface area contributed by atoms with Gasteiger partial charge in [0.25, 0.3) is 0 Å². The summed E-state index contributed by atoms with van der Waals surface area (Å²) in [5.74, 6) is -20.6. The number of nitrogens with one attached hydrogen (secondary N) is 12. The predicted molar refractivity (Wildman–Crippen MR) is 363 cm³/mol. The molecule has 0 spiro atoms. The first-order chi connectivity index (χ1) is 48.5. The molecule has 0 saturated carbocycles. The van der Waals surface area contributed by atoms with Crippen LogP contribution in [0.15, 0.2) is 78.2 Å². The number of carboxylic acids is 3. The third-order valence-corrected chi connectivity index (χ3v) is 15.8. The van der Waals surface area contributed by atoms with Gasteiger partial charge in [-0.2, -0.15) is 0 Å². The first kappa shape index (κ1) is 85.6. The Bertz CT molecular complexity index is 3470. The molecule has 0 aliphatic rings. The molecule has 0 saturated heterocycles. The van der Waals surface area contributed by atoms with Gasteiger partial charge < -0.3 is 113 Å². The van der Waals surface area contributed by atoms with E-state index in [-0.39, 0.29) is 49.7 Å². The number of hydrogen-bond acceptors (Lipinski definition) is 20. The monoisotopic (exact) mass is 1450 g/mol. The number of benzene rings is 2. The fourth-order valence-corrected chi connectivity index (χ4v) is 9.77. The number of aromatic nitrogens is 2. The van der Waals surface area contributed by atoms with Crippen LogP contribution < -0.4 is 87.2 Å². The van der Waals surface area contributed by atoms with Crippen LogP contribution in [-0.2, 0) is 89.6 Å². The van der Waals surface area contributed by atoms with Crippen LogP contribution in [0.3, 0.4) is 0 Å². The summed E-state index contributed by atoms with van der Waals surface area (Å²) in [7, 11) is 0. The molecule has 13 atom stereocenters. The largest absolute Gasteiger partial charge is 0.481 e. The molecule has 0 aliphatic heterocycles. The van der Waals surface area contributed by atoms with Crippen LogP contribution in [0.2, 0.25) is 0 Å². The van der Waals surface area contributed by atoms with E-state index >= 15 is 0 Å². The predicted octanol–water partition coefficient (Wildman–Crippen LogP) is -6.44. The molecule has 1 aromatic heterocycles. The maximum absolute atomic E-state index is 14.4. The molecule has 0 unspecified atom stereocenters. The zero-order valence-corrected chi connectivity index (χ0v) is 57.3. The van der Waals surface area contributed by atoms with Crippen LogP contribution in [0.1, 0.15) is 115 Å². The van der Waals surface area contributed by atoms with Crippen LogP contribution in [-0.4, -0.2) is 211 Å². The van der Waals surface area contributed by atoms with Crippen molar-refractivity contribution in [2.24, 2.45) is 45.5 Å². The van der Waals surface area contributed by atoms with Crippen molar-refractivity contribution in [3.63, 3.8) is 0 Å². The Morgan fingerprint density at radius 1 is 0.495 bits per heavy atom. The van der Waals surface area contributed by atoms with E-state index in [1.807, 2.05) is 0 Å². The number of imidazole rings is 1. The molecule has 3 rings (SSSR count). The molecule has 26 N–H and O–H groups in total. The van der Waals surface area contributed by atoms with Crippen molar-refractivity contribution < 1.29 is 97.1 Å². The number of carboxylic acid groups (broad SMARTS) is 3. The van der Waals surface area contributed by atoms with Crippen molar-refractivity contribution in [3.8, 4) is 0 Å². The van der Waals surface area contributed by atoms with E-state index in [2.05, 4.69) is 73.4 Å². The molecular weight excluding hydrogens is 1350 g/mol. The Labute approximate surface area is 590 Å². The minimum absolute atomic E-state index is 0.0143. The molecule has 0 radical (unpaired) electrons. The van der Waals surface area contributed by atoms with Gasteiger partial charge in [-0.25, -0.2) is 4.98 Å². The zero-order chi connectivity index (χ0) is 77.2. The number of aliphatic hydroxyl groups excluding tert-OH is 1. The fraction of sp³-hybridized carbons (Fsp3) is 0.500. The third-order valence-electron chi connectivity index (χ3n) is 15.8. The molecule has 0 bridgehead atoms. The van der Waals surface area contributed by atoms with E-state index in [1.165, 1.54) is 56.7 Å². The highest BCUT2D eigenvalue weighted by atomic mass is 16.4. The van der Waals surface area contributed by atoms with Crippen molar-refractivity contribution in [1.82, 2.24) is 68.5 Å². The Hall–Kier alpha value is -11.6. The molecule has 13 amide bonds. The van der Waals surface area contributed by atoms with Crippen molar-refractivity contribution in [3.05, 3.63) is 90.0 Å². The van der Waals surface area contributed by atoms with E-state index in [9.17, 15) is 97.1 Å². The highest BCUT2D eigenvalue weighted by molar-refractivity contribution is 6.01. The number of nitrogens with two attached hydrogens (primary N) is 5. The Morgan fingerprint density at radius 3 is 1.47 bits per heavy atom. The van der Waals surface area contributed by atoms with Gasteiger partial charge in [0.15, 0.2) is 5.96 Å². The Balaban J connectivity index is 1.91. The van der Waals surface area contributed by atoms with E-state index in [1.54, 1.807) is 44.2 Å². The molecule has 3 aromatic rings. The second-order valence-electron chi connectivity index (χ2n) is 24.4. The molecule has 0 aliphatic carbocycles. The topological polar surface area (TPSA) is 658 Å². The van der Waals surface area contributed by atoms with E-state index < -0.39 is 218 Å². The van der Waals surface area contributed by atoms with Crippen molar-refractivity contribution in [2.45, 2.75) is 178 Å². The maximum Gasteiger partial charge on any atom is 0.305 e. The summed E-state index contributed by atoms with van der Waals surface area (Å²) >= 11 is 0. The zero-order valence-electron chi connectivity index (χ0n) is 57.3. The highest BCUT2D eigenvalue weighted by Crippen LogP contribution is 2.17. The molecule has 39 nitrogen and oxygen atoms in total. The number of carbonyl (C=O) groups excluding carboxylic acids is 13. The number of primary amides is 2. The van der Waals surface area contributed by atoms with Crippen molar-refractivity contribution in [2.75, 3.05) is 13.2 Å². The van der Waals surface area contributed by atoms with Gasteiger partial charge in [-0.05, 0) is 55.6 Å². The summed E-state index contributed by atoms with van der Waals surface area (Å²) in [6.45, 7) is 6.35. The number of nitrogens with zero attached hydrogens (tertiary/aromatic N) is 2. The van der Waals surface area contributed by atoms with Gasteiger partial charge in [0.2, 0.25) is 76.8 Å². The first-order valence-corrected chi connectivity index (χ1v) is 32.6. The number of aliphatic hydroxyl groups is 1. The number of amides is 13. The maximum atomic E-state index is 14.4. The SMILES string of the molecule is CC[C@H](C)[C@H](N)C(=O)N[C@@H](CO)C(=O)N[C@@H](CCC(=O)O)C(=O)N[C@H](C(=O)N[C@@H](CC(N)=O)C(=O)N[C@H](C(=O)N[C@@H](CC(=O)O)C(=O)N[C@@H](C)C(=O)N[C@@H](CCC(=O)O)C(=O)N[C@@H](Cc1ccccc1)C(=O)N[C@@H](CCCN=C(N)N)C(=O)N[C@@H](Cc1cnc[nH]1)C(N)=O)c1ccccc1)C(C)C. The lowest BCUT2D eigenvalue weighted by molar-refractivity contribution is -0.142. The minimum Gasteiger partial charge on any atom is -0.481 e. The first-order valence-electron chi connectivity index (χ1n) is 32.6.